The molecular formula is C30H33ClF4N4O4. The predicted octanol–water partition coefficient (Wildman–Crippen LogP) is 4.41. The summed E-state index contributed by atoms with van der Waals surface area (Å²) in [7, 11) is 0. The lowest BCUT2D eigenvalue weighted by Crippen LogP contribution is -2.48. The third-order valence-corrected chi connectivity index (χ3v) is 9.89. The first-order chi connectivity index (χ1) is 20.4. The molecule has 1 aromatic carbocycles. The number of aliphatic hydroxyl groups excluding tert-OH is 1. The Morgan fingerprint density at radius 1 is 1.19 bits per heavy atom. The van der Waals surface area contributed by atoms with E-state index in [9.17, 15) is 37.4 Å². The maximum atomic E-state index is 14.2. The number of alkyl halides is 4. The average molecular weight is 625 g/mol. The number of aliphatic carboxylic acids is 1. The molecule has 232 valence electrons. The van der Waals surface area contributed by atoms with E-state index < -0.39 is 53.7 Å². The number of aliphatic hydroxyl groups is 1. The van der Waals surface area contributed by atoms with Crippen molar-refractivity contribution in [1.29, 1.82) is 0 Å². The first-order valence-electron chi connectivity index (χ1n) is 14.6. The van der Waals surface area contributed by atoms with Gasteiger partial charge in [-0.3, -0.25) is 14.9 Å². The number of allylic oxidation sites excluding steroid dienone is 2. The fraction of sp³-hybridized carbons (Fsp3) is 0.567. The molecule has 2 heterocycles. The summed E-state index contributed by atoms with van der Waals surface area (Å²) in [6.45, 7) is 0.541. The Balaban J connectivity index is 1.39. The molecule has 0 bridgehead atoms. The lowest BCUT2D eigenvalue weighted by Gasteiger charge is -2.30. The lowest BCUT2D eigenvalue weighted by atomic mass is 9.82. The molecule has 8 nitrogen and oxygen atoms in total. The standard InChI is InChI=1S/C30H33ClF4N4O4/c31-20-3-1-2-19(29(10-11-29)30(33,34)35)24(20)27(41)39-23-12-17(26(40)37-22-14-36-13-21(22)32)8-9-18(23)25(38-39)15-4-6-16(7-5-15)28(42)43/h1-4,16-17,21-22,26,36-37,40H,5-14H2,(H,42,43)/t16?,17?,21-,22-,26?/m0/s1. The Hall–Kier alpha value is -2.80. The zero-order valence-corrected chi connectivity index (χ0v) is 24.0. The SMILES string of the molecule is O=C(O)C1CC=C(c2nn(C(=O)c3c(Cl)cccc3C3(C(F)(F)F)CC3)c3c2CCC(C(O)N[C@H]2CNC[C@@H]2F)C3)CC1. The number of hydrogen-bond donors (Lipinski definition) is 4. The van der Waals surface area contributed by atoms with Crippen molar-refractivity contribution in [2.24, 2.45) is 11.8 Å². The maximum Gasteiger partial charge on any atom is 0.398 e. The van der Waals surface area contributed by atoms with Gasteiger partial charge in [0.2, 0.25) is 0 Å². The zero-order valence-electron chi connectivity index (χ0n) is 23.3. The largest absolute Gasteiger partial charge is 0.481 e. The van der Waals surface area contributed by atoms with Crippen LogP contribution >= 0.6 is 11.6 Å². The van der Waals surface area contributed by atoms with Crippen molar-refractivity contribution in [1.82, 2.24) is 20.4 Å². The summed E-state index contributed by atoms with van der Waals surface area (Å²) in [5.74, 6) is -2.62. The van der Waals surface area contributed by atoms with Gasteiger partial charge in [0, 0.05) is 24.6 Å². The van der Waals surface area contributed by atoms with Gasteiger partial charge in [-0.15, -0.1) is 0 Å². The van der Waals surface area contributed by atoms with Crippen LogP contribution in [0.25, 0.3) is 5.57 Å². The van der Waals surface area contributed by atoms with Crippen LogP contribution in [0, 0.1) is 11.8 Å². The van der Waals surface area contributed by atoms with E-state index in [0.717, 1.165) is 15.8 Å². The second-order valence-electron chi connectivity index (χ2n) is 12.2. The second-order valence-corrected chi connectivity index (χ2v) is 12.6. The number of nitrogens with one attached hydrogen (secondary N) is 2. The van der Waals surface area contributed by atoms with Crippen molar-refractivity contribution in [3.8, 4) is 0 Å². The molecule has 4 aliphatic rings. The quantitative estimate of drug-likeness (QED) is 0.266. The van der Waals surface area contributed by atoms with Crippen LogP contribution in [0.3, 0.4) is 0 Å². The van der Waals surface area contributed by atoms with Crippen LogP contribution in [-0.4, -0.2) is 69.6 Å². The van der Waals surface area contributed by atoms with E-state index >= 15 is 0 Å². The maximum absolute atomic E-state index is 14.2. The van der Waals surface area contributed by atoms with Gasteiger partial charge in [0.15, 0.2) is 0 Å². The normalized spacial score (nSPS) is 27.3. The molecule has 2 fully saturated rings. The number of fused-ring (bicyclic) bond motifs is 1. The van der Waals surface area contributed by atoms with Crippen LogP contribution in [-0.2, 0) is 23.1 Å². The van der Waals surface area contributed by atoms with E-state index in [4.69, 9.17) is 11.6 Å². The number of rotatable bonds is 7. The van der Waals surface area contributed by atoms with Crippen LogP contribution in [0.15, 0.2) is 24.3 Å². The molecule has 1 aliphatic heterocycles. The molecule has 13 heteroatoms. The molecule has 5 atom stereocenters. The van der Waals surface area contributed by atoms with Gasteiger partial charge in [0.25, 0.3) is 5.91 Å². The minimum atomic E-state index is -4.57. The second kappa shape index (κ2) is 11.3. The highest BCUT2D eigenvalue weighted by atomic mass is 35.5. The topological polar surface area (TPSA) is 116 Å². The number of nitrogens with zero attached hydrogens (tertiary/aromatic N) is 2. The Morgan fingerprint density at radius 3 is 2.56 bits per heavy atom. The van der Waals surface area contributed by atoms with Crippen LogP contribution < -0.4 is 10.6 Å². The van der Waals surface area contributed by atoms with Crippen molar-refractivity contribution in [2.75, 3.05) is 13.1 Å². The van der Waals surface area contributed by atoms with Gasteiger partial charge >= 0.3 is 12.1 Å². The van der Waals surface area contributed by atoms with Crippen molar-refractivity contribution in [3.05, 3.63) is 57.4 Å². The highest BCUT2D eigenvalue weighted by molar-refractivity contribution is 6.34. The minimum Gasteiger partial charge on any atom is -0.481 e. The summed E-state index contributed by atoms with van der Waals surface area (Å²) in [6, 6.07) is 3.52. The van der Waals surface area contributed by atoms with Crippen molar-refractivity contribution < 1.29 is 37.4 Å². The third kappa shape index (κ3) is 5.40. The van der Waals surface area contributed by atoms with E-state index in [0.29, 0.717) is 50.0 Å². The lowest BCUT2D eigenvalue weighted by molar-refractivity contribution is -0.160. The van der Waals surface area contributed by atoms with Gasteiger partial charge in [0.05, 0.1) is 39.3 Å². The Kier molecular flexibility index (Phi) is 7.93. The van der Waals surface area contributed by atoms with E-state index in [-0.39, 0.29) is 42.0 Å². The molecular weight excluding hydrogens is 592 g/mol. The molecule has 1 aromatic heterocycles. The van der Waals surface area contributed by atoms with Crippen LogP contribution in [0.5, 0.6) is 0 Å². The van der Waals surface area contributed by atoms with Crippen LogP contribution in [0.2, 0.25) is 5.02 Å². The number of benzene rings is 1. The molecule has 4 N–H and O–H groups in total. The molecule has 0 spiro atoms. The molecule has 3 aliphatic carbocycles. The Morgan fingerprint density at radius 2 is 1.95 bits per heavy atom. The molecule has 1 saturated heterocycles. The number of halogens is 5. The summed E-state index contributed by atoms with van der Waals surface area (Å²) in [5, 5.41) is 30.9. The van der Waals surface area contributed by atoms with Gasteiger partial charge in [-0.25, -0.2) is 4.39 Å². The summed E-state index contributed by atoms with van der Waals surface area (Å²) in [5.41, 5.74) is -0.0858. The first-order valence-corrected chi connectivity index (χ1v) is 15.0. The Bertz CT molecular complexity index is 1470. The average Bonchev–Trinajstić information content (AvgIpc) is 3.59. The number of carboxylic acid groups (broad SMARTS) is 1. The highest BCUT2D eigenvalue weighted by Crippen LogP contribution is 2.60. The van der Waals surface area contributed by atoms with Gasteiger partial charge in [-0.1, -0.05) is 29.8 Å². The van der Waals surface area contributed by atoms with E-state index in [2.05, 4.69) is 15.7 Å². The van der Waals surface area contributed by atoms with Crippen molar-refractivity contribution in [2.45, 2.75) is 81.4 Å². The third-order valence-electron chi connectivity index (χ3n) is 9.57. The minimum absolute atomic E-state index is 0.109. The first kappa shape index (κ1) is 30.2. The van der Waals surface area contributed by atoms with Gasteiger partial charge in [-0.05, 0) is 68.6 Å². The molecule has 0 amide bonds. The molecule has 1 saturated carbocycles. The molecule has 43 heavy (non-hydrogen) atoms. The summed E-state index contributed by atoms with van der Waals surface area (Å²) < 4.78 is 58.0. The Labute approximate surface area is 250 Å². The van der Waals surface area contributed by atoms with Gasteiger partial charge in [0.1, 0.15) is 12.4 Å². The predicted molar refractivity (Wildman–Crippen MR) is 150 cm³/mol. The summed E-state index contributed by atoms with van der Waals surface area (Å²) >= 11 is 6.44. The van der Waals surface area contributed by atoms with E-state index in [1.807, 2.05) is 0 Å². The van der Waals surface area contributed by atoms with E-state index in [1.165, 1.54) is 18.2 Å². The smallest absolute Gasteiger partial charge is 0.398 e. The molecule has 3 unspecified atom stereocenters. The van der Waals surface area contributed by atoms with Gasteiger partial charge < -0.3 is 15.5 Å². The van der Waals surface area contributed by atoms with Crippen molar-refractivity contribution in [3.63, 3.8) is 0 Å². The molecule has 6 rings (SSSR count). The van der Waals surface area contributed by atoms with E-state index in [1.54, 1.807) is 6.08 Å². The zero-order chi connectivity index (χ0) is 30.7. The van der Waals surface area contributed by atoms with Crippen LogP contribution in [0.1, 0.15) is 71.4 Å². The monoisotopic (exact) mass is 624 g/mol. The number of aromatic nitrogens is 2. The van der Waals surface area contributed by atoms with Crippen LogP contribution in [0.4, 0.5) is 17.6 Å². The highest BCUT2D eigenvalue weighted by Gasteiger charge is 2.65. The molecule has 2 aromatic rings. The number of carboxylic acids is 1. The molecule has 0 radical (unpaired) electrons. The van der Waals surface area contributed by atoms with Crippen molar-refractivity contribution >= 4 is 29.1 Å². The fourth-order valence-corrected chi connectivity index (χ4v) is 7.10. The summed E-state index contributed by atoms with van der Waals surface area (Å²) in [6.07, 6.45) is -3.10. The number of carbonyl (C=O) groups excluding carboxylic acids is 1. The summed E-state index contributed by atoms with van der Waals surface area (Å²) in [4.78, 5) is 25.7. The van der Waals surface area contributed by atoms with Gasteiger partial charge in [-0.2, -0.15) is 23.0 Å². The fourth-order valence-electron chi connectivity index (χ4n) is 6.85. The number of carbonyl (C=O) groups is 2. The number of hydrogen-bond acceptors (Lipinski definition) is 6.